The molecule has 0 aromatic rings. The van der Waals surface area contributed by atoms with Crippen LogP contribution in [0.25, 0.3) is 0 Å². The van der Waals surface area contributed by atoms with Crippen molar-refractivity contribution in [2.24, 2.45) is 4.99 Å². The summed E-state index contributed by atoms with van der Waals surface area (Å²) in [6, 6.07) is 0.00248. The van der Waals surface area contributed by atoms with Crippen LogP contribution in [0.1, 0.15) is 46.0 Å². The van der Waals surface area contributed by atoms with Gasteiger partial charge in [0.05, 0.1) is 19.1 Å². The molecule has 0 amide bonds. The molecule has 0 aliphatic heterocycles. The highest BCUT2D eigenvalue weighted by Crippen LogP contribution is 2.23. The lowest BCUT2D eigenvalue weighted by atomic mass is 9.91. The summed E-state index contributed by atoms with van der Waals surface area (Å²) in [5, 5.41) is 9.91. The maximum atomic E-state index is 11.9. The smallest absolute Gasteiger partial charge is 0.305 e. The molecule has 0 atom stereocenters. The number of Topliss-reactive ketones (excluding diaryl/α,β-unsaturated/α-hetero) is 1. The van der Waals surface area contributed by atoms with Gasteiger partial charge in [0.2, 0.25) is 0 Å². The van der Waals surface area contributed by atoms with Gasteiger partial charge in [0.15, 0.2) is 5.78 Å². The van der Waals surface area contributed by atoms with Crippen LogP contribution in [0, 0.1) is 0 Å². The van der Waals surface area contributed by atoms with Crippen LogP contribution in [0.5, 0.6) is 0 Å². The van der Waals surface area contributed by atoms with Crippen molar-refractivity contribution in [1.82, 2.24) is 0 Å². The summed E-state index contributed by atoms with van der Waals surface area (Å²) in [7, 11) is 1.32. The molecular weight excluding hydrogens is 246 g/mol. The molecule has 0 saturated carbocycles. The monoisotopic (exact) mass is 267 g/mol. The molecule has 19 heavy (non-hydrogen) atoms. The number of hydrogen-bond acceptors (Lipinski definition) is 5. The van der Waals surface area contributed by atoms with Crippen LogP contribution in [-0.2, 0) is 14.3 Å². The third kappa shape index (κ3) is 4.50. The first kappa shape index (κ1) is 15.4. The second kappa shape index (κ2) is 7.07. The van der Waals surface area contributed by atoms with Gasteiger partial charge in [-0.2, -0.15) is 0 Å². The standard InChI is InChI=1S/C14H21NO4/c1-9(2)15-10(7-8-13(18)19-3)14-11(16)5-4-6-12(14)17/h9,16H,4-8H2,1-3H3. The molecule has 0 spiro atoms. The quantitative estimate of drug-likeness (QED) is 0.612. The van der Waals surface area contributed by atoms with E-state index in [1.54, 1.807) is 0 Å². The highest BCUT2D eigenvalue weighted by atomic mass is 16.5. The van der Waals surface area contributed by atoms with Gasteiger partial charge in [-0.25, -0.2) is 0 Å². The maximum absolute atomic E-state index is 11.9. The maximum Gasteiger partial charge on any atom is 0.305 e. The lowest BCUT2D eigenvalue weighted by Crippen LogP contribution is -2.21. The molecule has 1 aliphatic rings. The van der Waals surface area contributed by atoms with E-state index < -0.39 is 0 Å². The van der Waals surface area contributed by atoms with Crippen molar-refractivity contribution in [3.63, 3.8) is 0 Å². The molecule has 0 aromatic heterocycles. The van der Waals surface area contributed by atoms with E-state index in [4.69, 9.17) is 0 Å². The predicted molar refractivity (Wildman–Crippen MR) is 72.3 cm³/mol. The van der Waals surface area contributed by atoms with Gasteiger partial charge in [0.25, 0.3) is 0 Å². The van der Waals surface area contributed by atoms with Gasteiger partial charge in [-0.15, -0.1) is 0 Å². The highest BCUT2D eigenvalue weighted by molar-refractivity contribution is 6.23. The van der Waals surface area contributed by atoms with Gasteiger partial charge in [0, 0.05) is 31.0 Å². The number of carbonyl (C=O) groups excluding carboxylic acids is 2. The summed E-state index contributed by atoms with van der Waals surface area (Å²) < 4.78 is 4.59. The van der Waals surface area contributed by atoms with Crippen LogP contribution < -0.4 is 0 Å². The van der Waals surface area contributed by atoms with Crippen LogP contribution in [0.15, 0.2) is 16.3 Å². The SMILES string of the molecule is COC(=O)CCC(=NC(C)C)C1=C(O)CCCC1=O. The van der Waals surface area contributed by atoms with E-state index >= 15 is 0 Å². The fraction of sp³-hybridized carbons (Fsp3) is 0.643. The third-order valence-electron chi connectivity index (χ3n) is 2.88. The fourth-order valence-electron chi connectivity index (χ4n) is 2.04. The number of allylic oxidation sites excluding steroid dienone is 2. The summed E-state index contributed by atoms with van der Waals surface area (Å²) in [6.45, 7) is 3.78. The van der Waals surface area contributed by atoms with Crippen molar-refractivity contribution >= 4 is 17.5 Å². The van der Waals surface area contributed by atoms with E-state index in [9.17, 15) is 14.7 Å². The minimum atomic E-state index is -0.347. The van der Waals surface area contributed by atoms with Crippen LogP contribution in [-0.4, -0.2) is 35.7 Å². The molecule has 5 heteroatoms. The van der Waals surface area contributed by atoms with Gasteiger partial charge >= 0.3 is 5.97 Å². The summed E-state index contributed by atoms with van der Waals surface area (Å²) in [5.41, 5.74) is 0.825. The average molecular weight is 267 g/mol. The molecule has 0 heterocycles. The zero-order chi connectivity index (χ0) is 14.4. The summed E-state index contributed by atoms with van der Waals surface area (Å²) in [4.78, 5) is 27.5. The van der Waals surface area contributed by atoms with Crippen molar-refractivity contribution < 1.29 is 19.4 Å². The zero-order valence-corrected chi connectivity index (χ0v) is 11.7. The number of aliphatic hydroxyl groups excluding tert-OH is 1. The molecule has 1 aliphatic carbocycles. The van der Waals surface area contributed by atoms with E-state index in [-0.39, 0.29) is 30.0 Å². The molecule has 0 radical (unpaired) electrons. The number of ketones is 1. The Bertz CT molecular complexity index is 421. The predicted octanol–water partition coefficient (Wildman–Crippen LogP) is 2.35. The van der Waals surface area contributed by atoms with Crippen LogP contribution in [0.3, 0.4) is 0 Å². The number of nitrogens with zero attached hydrogens (tertiary/aromatic N) is 1. The normalized spacial score (nSPS) is 17.1. The molecule has 0 fully saturated rings. The Hall–Kier alpha value is -1.65. The van der Waals surface area contributed by atoms with Crippen LogP contribution >= 0.6 is 0 Å². The van der Waals surface area contributed by atoms with Crippen molar-refractivity contribution in [2.75, 3.05) is 7.11 Å². The molecular formula is C14H21NO4. The summed E-state index contributed by atoms with van der Waals surface area (Å²) in [6.07, 6.45) is 2.06. The van der Waals surface area contributed by atoms with Gasteiger partial charge in [-0.05, 0) is 20.3 Å². The van der Waals surface area contributed by atoms with E-state index in [2.05, 4.69) is 9.73 Å². The summed E-state index contributed by atoms with van der Waals surface area (Å²) in [5.74, 6) is -0.340. The molecule has 5 nitrogen and oxygen atoms in total. The Morgan fingerprint density at radius 3 is 2.58 bits per heavy atom. The van der Waals surface area contributed by atoms with E-state index in [0.29, 0.717) is 37.0 Å². The molecule has 0 aromatic carbocycles. The zero-order valence-electron chi connectivity index (χ0n) is 11.7. The molecule has 1 N–H and O–H groups in total. The number of rotatable bonds is 5. The minimum Gasteiger partial charge on any atom is -0.511 e. The Balaban J connectivity index is 2.97. The molecule has 0 bridgehead atoms. The lowest BCUT2D eigenvalue weighted by Gasteiger charge is -2.17. The van der Waals surface area contributed by atoms with Crippen molar-refractivity contribution in [2.45, 2.75) is 52.0 Å². The van der Waals surface area contributed by atoms with E-state index in [1.165, 1.54) is 7.11 Å². The van der Waals surface area contributed by atoms with Gasteiger partial charge in [0.1, 0.15) is 5.76 Å². The lowest BCUT2D eigenvalue weighted by molar-refractivity contribution is -0.140. The molecule has 0 unspecified atom stereocenters. The molecule has 0 saturated heterocycles. The van der Waals surface area contributed by atoms with Crippen molar-refractivity contribution in [3.8, 4) is 0 Å². The number of aliphatic hydroxyl groups is 1. The first-order valence-corrected chi connectivity index (χ1v) is 6.54. The van der Waals surface area contributed by atoms with Crippen LogP contribution in [0.2, 0.25) is 0 Å². The van der Waals surface area contributed by atoms with Gasteiger partial charge in [-0.3, -0.25) is 14.6 Å². The first-order valence-electron chi connectivity index (χ1n) is 6.54. The Morgan fingerprint density at radius 1 is 1.37 bits per heavy atom. The third-order valence-corrected chi connectivity index (χ3v) is 2.88. The molecule has 106 valence electrons. The number of methoxy groups -OCH3 is 1. The second-order valence-corrected chi connectivity index (χ2v) is 4.84. The number of aliphatic imine (C=N–C) groups is 1. The highest BCUT2D eigenvalue weighted by Gasteiger charge is 2.25. The van der Waals surface area contributed by atoms with Gasteiger partial charge < -0.3 is 9.84 Å². The number of hydrogen-bond donors (Lipinski definition) is 1. The van der Waals surface area contributed by atoms with Crippen LogP contribution in [0.4, 0.5) is 0 Å². The van der Waals surface area contributed by atoms with Gasteiger partial charge in [-0.1, -0.05) is 0 Å². The average Bonchev–Trinajstić information content (AvgIpc) is 2.34. The fourth-order valence-corrected chi connectivity index (χ4v) is 2.04. The Labute approximate surface area is 113 Å². The Morgan fingerprint density at radius 2 is 2.05 bits per heavy atom. The largest absolute Gasteiger partial charge is 0.511 e. The topological polar surface area (TPSA) is 76.0 Å². The van der Waals surface area contributed by atoms with E-state index in [0.717, 1.165) is 0 Å². The van der Waals surface area contributed by atoms with Crippen molar-refractivity contribution in [1.29, 1.82) is 0 Å². The van der Waals surface area contributed by atoms with Crippen molar-refractivity contribution in [3.05, 3.63) is 11.3 Å². The van der Waals surface area contributed by atoms with E-state index in [1.807, 2.05) is 13.8 Å². The second-order valence-electron chi connectivity index (χ2n) is 4.84. The number of ether oxygens (including phenoxy) is 1. The number of esters is 1. The summed E-state index contributed by atoms with van der Waals surface area (Å²) >= 11 is 0. The number of carbonyl (C=O) groups is 2. The minimum absolute atomic E-state index is 0.00248. The Kier molecular flexibility index (Phi) is 5.73. The first-order chi connectivity index (χ1) is 8.95. The molecule has 1 rings (SSSR count).